The lowest BCUT2D eigenvalue weighted by Gasteiger charge is -2.09. The van der Waals surface area contributed by atoms with E-state index in [4.69, 9.17) is 0 Å². The normalized spacial score (nSPS) is 11.5. The molecule has 0 aliphatic heterocycles. The van der Waals surface area contributed by atoms with Crippen molar-refractivity contribution in [2.24, 2.45) is 0 Å². The van der Waals surface area contributed by atoms with Gasteiger partial charge in [0.25, 0.3) is 8.32 Å². The van der Waals surface area contributed by atoms with Crippen molar-refractivity contribution < 1.29 is 6.22 Å². The Morgan fingerprint density at radius 3 is 2.00 bits per heavy atom. The van der Waals surface area contributed by atoms with Crippen LogP contribution >= 0.6 is 0 Å². The van der Waals surface area contributed by atoms with Crippen LogP contribution in [0.1, 0.15) is 1.43 Å². The molecule has 0 N–H and O–H groups in total. The van der Waals surface area contributed by atoms with E-state index >= 15 is 0 Å². The molecule has 0 unspecified atom stereocenters. The first kappa shape index (κ1) is 7.50. The molecule has 0 atom stereocenters. The predicted molar refractivity (Wildman–Crippen MR) is 45.4 cm³/mol. The Labute approximate surface area is 63.9 Å². The summed E-state index contributed by atoms with van der Waals surface area (Å²) >= 11 is 0. The maximum absolute atomic E-state index is 11.4. The zero-order valence-electron chi connectivity index (χ0n) is 7.29. The molecule has 1 nitrogen and oxygen atoms in total. The fourth-order valence-electron chi connectivity index (χ4n) is 0.840. The molecule has 2 heteroatoms. The Hall–Kier alpha value is -0.603. The Morgan fingerprint density at radius 1 is 1.20 bits per heavy atom. The van der Waals surface area contributed by atoms with Crippen LogP contribution in [0.25, 0.3) is 0 Å². The molecule has 0 fully saturated rings. The smallest absolute Gasteiger partial charge is 0.292 e. The number of hydrogen-bond acceptors (Lipinski definition) is 0. The zero-order chi connectivity index (χ0) is 7.61. The summed E-state index contributed by atoms with van der Waals surface area (Å²) in [5, 5.41) is 0.981. The minimum Gasteiger partial charge on any atom is -0.292 e. The largest absolute Gasteiger partial charge is 1.00 e. The van der Waals surface area contributed by atoms with Crippen LogP contribution in [0.3, 0.4) is 0 Å². The zero-order valence-corrected chi connectivity index (χ0v) is 7.29. The highest BCUT2D eigenvalue weighted by atomic mass is 28.4. The highest BCUT2D eigenvalue weighted by molar-refractivity contribution is 6.82. The van der Waals surface area contributed by atoms with Gasteiger partial charge in [0.2, 0.25) is 0 Å². The van der Waals surface area contributed by atoms with Crippen molar-refractivity contribution in [1.29, 1.82) is 0 Å². The molecule has 1 aromatic rings. The quantitative estimate of drug-likeness (QED) is 0.545. The van der Waals surface area contributed by atoms with Gasteiger partial charge in [-0.3, -0.25) is 4.80 Å². The summed E-state index contributed by atoms with van der Waals surface area (Å²) in [5.74, 6) is 0. The van der Waals surface area contributed by atoms with E-state index in [1.807, 2.05) is 43.4 Å². The summed E-state index contributed by atoms with van der Waals surface area (Å²) < 4.78 is 0. The highest BCUT2D eigenvalue weighted by Gasteiger charge is 2.21. The molecule has 1 rings (SSSR count). The van der Waals surface area contributed by atoms with Gasteiger partial charge in [-0.1, -0.05) is 30.3 Å². The molecule has 0 saturated carbocycles. The van der Waals surface area contributed by atoms with E-state index in [1.165, 1.54) is 0 Å². The van der Waals surface area contributed by atoms with Crippen molar-refractivity contribution in [2.75, 3.05) is 0 Å². The van der Waals surface area contributed by atoms with Gasteiger partial charge in [-0.15, -0.1) is 0 Å². The molecule has 0 bridgehead atoms. The van der Waals surface area contributed by atoms with Gasteiger partial charge in [0.05, 0.1) is 0 Å². The van der Waals surface area contributed by atoms with E-state index in [0.717, 1.165) is 5.19 Å². The summed E-state index contributed by atoms with van der Waals surface area (Å²) in [7, 11) is -2.28. The van der Waals surface area contributed by atoms with Gasteiger partial charge in [-0.2, -0.15) is 0 Å². The molecule has 0 saturated heterocycles. The predicted octanol–water partition coefficient (Wildman–Crippen LogP) is 1.64. The fraction of sp³-hybridized carbons (Fsp3) is 0.250. The first-order valence-electron chi connectivity index (χ1n) is 3.36. The second-order valence-corrected chi connectivity index (χ2v) is 6.47. The van der Waals surface area contributed by atoms with Crippen LogP contribution in [0, 0.1) is 0 Å². The van der Waals surface area contributed by atoms with Crippen molar-refractivity contribution in [2.45, 2.75) is 13.1 Å². The van der Waals surface area contributed by atoms with Gasteiger partial charge in [0.15, 0.2) is 0 Å². The molecule has 0 aliphatic carbocycles. The number of benzene rings is 1. The molecular formula is C8H12OSi+. The van der Waals surface area contributed by atoms with Crippen LogP contribution in [0.5, 0.6) is 0 Å². The fourth-order valence-corrected chi connectivity index (χ4v) is 1.83. The van der Waals surface area contributed by atoms with E-state index in [1.54, 1.807) is 0 Å². The first-order valence-corrected chi connectivity index (χ1v) is 6.27. The monoisotopic (exact) mass is 152 g/mol. The second-order valence-electron chi connectivity index (χ2n) is 2.88. The third-order valence-electron chi connectivity index (χ3n) is 1.47. The van der Waals surface area contributed by atoms with Gasteiger partial charge in [0.1, 0.15) is 0 Å². The van der Waals surface area contributed by atoms with Gasteiger partial charge < -0.3 is 0 Å². The van der Waals surface area contributed by atoms with Gasteiger partial charge in [-0.05, 0) is 18.3 Å². The van der Waals surface area contributed by atoms with Crippen molar-refractivity contribution in [1.82, 2.24) is 0 Å². The Balaban J connectivity index is 0.000001000. The highest BCUT2D eigenvalue weighted by Crippen LogP contribution is 1.97. The lowest BCUT2D eigenvalue weighted by molar-refractivity contribution is 0.443. The average Bonchev–Trinajstić information content (AvgIpc) is 1.88. The Bertz CT molecular complexity index is 205. The van der Waals surface area contributed by atoms with Crippen LogP contribution in [-0.4, -0.2) is 8.32 Å². The molecule has 1 radical (unpaired) electrons. The molecule has 10 heavy (non-hydrogen) atoms. The Kier molecular flexibility index (Phi) is 1.92. The standard InChI is InChI=1S/C8H11OSi/c1-10(2,9)8-6-4-3-5-7-8/h3-7H,1-2H3/p+1. The Morgan fingerprint density at radius 2 is 1.70 bits per heavy atom. The minimum atomic E-state index is -2.28. The number of hydrogen-bond donors (Lipinski definition) is 0. The summed E-state index contributed by atoms with van der Waals surface area (Å²) in [6.07, 6.45) is 0. The first-order chi connectivity index (χ1) is 4.61. The maximum atomic E-state index is 11.4. The maximum Gasteiger partial charge on any atom is 1.00 e. The van der Waals surface area contributed by atoms with Crippen LogP contribution < -0.4 is 5.19 Å². The molecule has 1 aromatic carbocycles. The molecule has 0 spiro atoms. The topological polar surface area (TPSA) is 19.9 Å². The van der Waals surface area contributed by atoms with E-state index in [2.05, 4.69) is 0 Å². The second kappa shape index (κ2) is 2.56. The van der Waals surface area contributed by atoms with E-state index in [-0.39, 0.29) is 1.43 Å². The van der Waals surface area contributed by atoms with Crippen LogP contribution in [0.2, 0.25) is 13.1 Å². The summed E-state index contributed by atoms with van der Waals surface area (Å²) in [6.45, 7) is 3.62. The lowest BCUT2D eigenvalue weighted by Crippen LogP contribution is -2.39. The summed E-state index contributed by atoms with van der Waals surface area (Å²) in [4.78, 5) is 11.4. The minimum absolute atomic E-state index is 0. The van der Waals surface area contributed by atoms with Crippen LogP contribution in [0.4, 0.5) is 0 Å². The summed E-state index contributed by atoms with van der Waals surface area (Å²) in [6, 6.07) is 9.60. The molecule has 0 aliphatic rings. The summed E-state index contributed by atoms with van der Waals surface area (Å²) in [5.41, 5.74) is 0. The van der Waals surface area contributed by atoms with Crippen molar-refractivity contribution in [3.05, 3.63) is 30.3 Å². The van der Waals surface area contributed by atoms with Crippen molar-refractivity contribution in [3.63, 3.8) is 0 Å². The van der Waals surface area contributed by atoms with Crippen molar-refractivity contribution in [3.8, 4) is 0 Å². The van der Waals surface area contributed by atoms with Gasteiger partial charge >= 0.3 is 1.43 Å². The number of rotatable bonds is 1. The third-order valence-corrected chi connectivity index (χ3v) is 3.19. The SMILES string of the molecule is C[Si](C)([O])c1ccccc1.[H+]. The molecule has 0 aromatic heterocycles. The van der Waals surface area contributed by atoms with Gasteiger partial charge in [-0.25, -0.2) is 0 Å². The van der Waals surface area contributed by atoms with E-state index in [0.29, 0.717) is 0 Å². The molecular weight excluding hydrogens is 140 g/mol. The van der Waals surface area contributed by atoms with Crippen LogP contribution in [0.15, 0.2) is 30.3 Å². The average molecular weight is 152 g/mol. The lowest BCUT2D eigenvalue weighted by atomic mass is 10.4. The van der Waals surface area contributed by atoms with E-state index in [9.17, 15) is 4.80 Å². The van der Waals surface area contributed by atoms with E-state index < -0.39 is 8.32 Å². The molecule has 53 valence electrons. The van der Waals surface area contributed by atoms with Crippen LogP contribution in [-0.2, 0) is 4.80 Å². The molecule has 0 amide bonds. The van der Waals surface area contributed by atoms with Gasteiger partial charge in [0, 0.05) is 0 Å². The molecule has 0 heterocycles. The third kappa shape index (κ3) is 1.69. The van der Waals surface area contributed by atoms with Crippen molar-refractivity contribution >= 4 is 13.5 Å².